The third-order valence-electron chi connectivity index (χ3n) is 4.36. The Kier molecular flexibility index (Phi) is 6.23. The fraction of sp³-hybridized carbons (Fsp3) is 0.579. The molecule has 1 aliphatic carbocycles. The van der Waals surface area contributed by atoms with Crippen LogP contribution in [0.1, 0.15) is 50.2 Å². The van der Waals surface area contributed by atoms with Crippen LogP contribution in [0.3, 0.4) is 0 Å². The van der Waals surface area contributed by atoms with Gasteiger partial charge in [-0.05, 0) is 30.4 Å². The van der Waals surface area contributed by atoms with Crippen molar-refractivity contribution in [3.8, 4) is 0 Å². The first kappa shape index (κ1) is 18.3. The number of nitrogens with one attached hydrogen (secondary N) is 2. The average Bonchev–Trinajstić information content (AvgIpc) is 3.31. The van der Waals surface area contributed by atoms with Gasteiger partial charge in [0.15, 0.2) is 5.96 Å². The third-order valence-corrected chi connectivity index (χ3v) is 4.36. The number of hydrogen-bond acceptors (Lipinski definition) is 2. The zero-order chi connectivity index (χ0) is 17.7. The molecule has 0 radical (unpaired) electrons. The van der Waals surface area contributed by atoms with E-state index in [1.54, 1.807) is 19.0 Å². The molecule has 132 valence electrons. The Balaban J connectivity index is 1.92. The van der Waals surface area contributed by atoms with Crippen LogP contribution in [0.2, 0.25) is 0 Å². The molecule has 1 aromatic carbocycles. The van der Waals surface area contributed by atoms with E-state index in [0.29, 0.717) is 17.9 Å². The second-order valence-corrected chi connectivity index (χ2v) is 6.90. The van der Waals surface area contributed by atoms with Gasteiger partial charge in [-0.1, -0.05) is 38.1 Å². The van der Waals surface area contributed by atoms with Crippen LogP contribution in [0, 0.1) is 0 Å². The lowest BCUT2D eigenvalue weighted by Crippen LogP contribution is -2.40. The lowest BCUT2D eigenvalue weighted by atomic mass is 10.0. The van der Waals surface area contributed by atoms with E-state index in [0.717, 1.165) is 18.9 Å². The maximum atomic E-state index is 11.7. The molecular weight excluding hydrogens is 300 g/mol. The van der Waals surface area contributed by atoms with E-state index < -0.39 is 0 Å². The number of hydrogen-bond donors (Lipinski definition) is 2. The minimum atomic E-state index is 0.00354. The fourth-order valence-electron chi connectivity index (χ4n) is 2.63. The van der Waals surface area contributed by atoms with Gasteiger partial charge in [-0.15, -0.1) is 0 Å². The maximum absolute atomic E-state index is 11.7. The van der Waals surface area contributed by atoms with Gasteiger partial charge in [0.2, 0.25) is 5.91 Å². The SMILES string of the molecule is CCNC(=NCC(=O)N(C)C)NC1CC1c1ccc(C(C)C)cc1. The first-order valence-electron chi connectivity index (χ1n) is 8.77. The number of carbonyl (C=O) groups excluding carboxylic acids is 1. The van der Waals surface area contributed by atoms with Gasteiger partial charge < -0.3 is 15.5 Å². The van der Waals surface area contributed by atoms with Crippen LogP contribution in [0.4, 0.5) is 0 Å². The van der Waals surface area contributed by atoms with Crippen molar-refractivity contribution in [2.45, 2.75) is 45.1 Å². The van der Waals surface area contributed by atoms with Gasteiger partial charge in [0, 0.05) is 32.6 Å². The van der Waals surface area contributed by atoms with Gasteiger partial charge >= 0.3 is 0 Å². The predicted molar refractivity (Wildman–Crippen MR) is 99.5 cm³/mol. The van der Waals surface area contributed by atoms with Crippen molar-refractivity contribution in [2.75, 3.05) is 27.2 Å². The van der Waals surface area contributed by atoms with Crippen LogP contribution in [-0.2, 0) is 4.79 Å². The molecule has 24 heavy (non-hydrogen) atoms. The first-order chi connectivity index (χ1) is 11.4. The number of benzene rings is 1. The number of carbonyl (C=O) groups is 1. The van der Waals surface area contributed by atoms with Crippen molar-refractivity contribution in [1.82, 2.24) is 15.5 Å². The van der Waals surface area contributed by atoms with Crippen molar-refractivity contribution in [2.24, 2.45) is 4.99 Å². The van der Waals surface area contributed by atoms with Crippen LogP contribution in [0.5, 0.6) is 0 Å². The van der Waals surface area contributed by atoms with Crippen molar-refractivity contribution in [1.29, 1.82) is 0 Å². The highest BCUT2D eigenvalue weighted by atomic mass is 16.2. The summed E-state index contributed by atoms with van der Waals surface area (Å²) < 4.78 is 0. The standard InChI is InChI=1S/C19H30N4O/c1-6-20-19(21-12-18(24)23(4)5)22-17-11-16(17)15-9-7-14(8-10-15)13(2)3/h7-10,13,16-17H,6,11-12H2,1-5H3,(H2,20,21,22). The van der Waals surface area contributed by atoms with Gasteiger partial charge in [0.1, 0.15) is 6.54 Å². The van der Waals surface area contributed by atoms with E-state index in [4.69, 9.17) is 0 Å². The summed E-state index contributed by atoms with van der Waals surface area (Å²) in [5.74, 6) is 1.82. The summed E-state index contributed by atoms with van der Waals surface area (Å²) in [6.45, 7) is 7.40. The second kappa shape index (κ2) is 8.18. The van der Waals surface area contributed by atoms with Crippen molar-refractivity contribution < 1.29 is 4.79 Å². The minimum absolute atomic E-state index is 0.00354. The number of amides is 1. The molecule has 0 spiro atoms. The molecule has 1 fully saturated rings. The molecule has 0 aromatic heterocycles. The number of rotatable bonds is 6. The van der Waals surface area contributed by atoms with Crippen molar-refractivity contribution >= 4 is 11.9 Å². The molecule has 0 bridgehead atoms. The second-order valence-electron chi connectivity index (χ2n) is 6.90. The van der Waals surface area contributed by atoms with Crippen LogP contribution in [0.25, 0.3) is 0 Å². The topological polar surface area (TPSA) is 56.7 Å². The largest absolute Gasteiger partial charge is 0.357 e. The number of nitrogens with zero attached hydrogens (tertiary/aromatic N) is 2. The number of likely N-dealkylation sites (N-methyl/N-ethyl adjacent to an activating group) is 1. The molecule has 2 N–H and O–H groups in total. The third kappa shape index (κ3) is 4.98. The summed E-state index contributed by atoms with van der Waals surface area (Å²) >= 11 is 0. The summed E-state index contributed by atoms with van der Waals surface area (Å²) in [4.78, 5) is 17.6. The fourth-order valence-corrected chi connectivity index (χ4v) is 2.63. The summed E-state index contributed by atoms with van der Waals surface area (Å²) in [7, 11) is 3.49. The van der Waals surface area contributed by atoms with Gasteiger partial charge in [-0.2, -0.15) is 0 Å². The maximum Gasteiger partial charge on any atom is 0.243 e. The number of aliphatic imine (C=N–C) groups is 1. The molecule has 1 aromatic rings. The summed E-state index contributed by atoms with van der Waals surface area (Å²) in [6.07, 6.45) is 1.10. The smallest absolute Gasteiger partial charge is 0.243 e. The summed E-state index contributed by atoms with van der Waals surface area (Å²) in [5.41, 5.74) is 2.75. The Bertz CT molecular complexity index is 578. The number of guanidine groups is 1. The molecule has 5 nitrogen and oxygen atoms in total. The summed E-state index contributed by atoms with van der Waals surface area (Å²) in [6, 6.07) is 9.32. The summed E-state index contributed by atoms with van der Waals surface area (Å²) in [5, 5.41) is 6.65. The quantitative estimate of drug-likeness (QED) is 0.622. The molecule has 2 rings (SSSR count). The van der Waals surface area contributed by atoms with Gasteiger partial charge in [-0.3, -0.25) is 4.79 Å². The van der Waals surface area contributed by atoms with Gasteiger partial charge in [0.25, 0.3) is 0 Å². The Morgan fingerprint density at radius 1 is 1.29 bits per heavy atom. The van der Waals surface area contributed by atoms with Crippen LogP contribution >= 0.6 is 0 Å². The molecule has 0 heterocycles. The highest BCUT2D eigenvalue weighted by Gasteiger charge is 2.39. The Morgan fingerprint density at radius 2 is 1.96 bits per heavy atom. The van der Waals surface area contributed by atoms with Crippen LogP contribution in [-0.4, -0.2) is 50.0 Å². The normalized spacial score (nSPS) is 20.0. The van der Waals surface area contributed by atoms with E-state index in [-0.39, 0.29) is 12.5 Å². The van der Waals surface area contributed by atoms with E-state index in [1.807, 2.05) is 6.92 Å². The molecule has 1 aliphatic rings. The average molecular weight is 330 g/mol. The Morgan fingerprint density at radius 3 is 2.50 bits per heavy atom. The zero-order valence-electron chi connectivity index (χ0n) is 15.5. The lowest BCUT2D eigenvalue weighted by molar-refractivity contribution is -0.127. The molecule has 1 saturated carbocycles. The minimum Gasteiger partial charge on any atom is -0.357 e. The molecule has 5 heteroatoms. The van der Waals surface area contributed by atoms with E-state index in [9.17, 15) is 4.79 Å². The van der Waals surface area contributed by atoms with E-state index >= 15 is 0 Å². The predicted octanol–water partition coefficient (Wildman–Crippen LogP) is 2.31. The zero-order valence-corrected chi connectivity index (χ0v) is 15.5. The molecular formula is C19H30N4O. The molecule has 0 aliphatic heterocycles. The lowest BCUT2D eigenvalue weighted by Gasteiger charge is -2.13. The van der Waals surface area contributed by atoms with Gasteiger partial charge in [-0.25, -0.2) is 4.99 Å². The molecule has 0 saturated heterocycles. The van der Waals surface area contributed by atoms with Crippen LogP contribution in [0.15, 0.2) is 29.3 Å². The van der Waals surface area contributed by atoms with E-state index in [2.05, 4.69) is 53.7 Å². The highest BCUT2D eigenvalue weighted by molar-refractivity contribution is 5.85. The molecule has 2 atom stereocenters. The van der Waals surface area contributed by atoms with E-state index in [1.165, 1.54) is 11.1 Å². The first-order valence-corrected chi connectivity index (χ1v) is 8.77. The van der Waals surface area contributed by atoms with Crippen molar-refractivity contribution in [3.05, 3.63) is 35.4 Å². The highest BCUT2D eigenvalue weighted by Crippen LogP contribution is 2.41. The molecule has 1 amide bonds. The monoisotopic (exact) mass is 330 g/mol. The molecule has 2 unspecified atom stereocenters. The Hall–Kier alpha value is -2.04. The Labute approximate surface area is 145 Å². The van der Waals surface area contributed by atoms with Gasteiger partial charge in [0.05, 0.1) is 0 Å². The van der Waals surface area contributed by atoms with Crippen molar-refractivity contribution in [3.63, 3.8) is 0 Å². The van der Waals surface area contributed by atoms with Crippen LogP contribution < -0.4 is 10.6 Å².